The van der Waals surface area contributed by atoms with Crippen molar-refractivity contribution in [2.75, 3.05) is 0 Å². The van der Waals surface area contributed by atoms with Crippen LogP contribution in [0.25, 0.3) is 0 Å². The van der Waals surface area contributed by atoms with Gasteiger partial charge in [0.1, 0.15) is 5.15 Å². The number of benzene rings is 1. The van der Waals surface area contributed by atoms with Crippen LogP contribution in [0.2, 0.25) is 5.15 Å². The maximum Gasteiger partial charge on any atom is 0.253 e. The van der Waals surface area contributed by atoms with Crippen LogP contribution >= 0.6 is 11.6 Å². The Bertz CT molecular complexity index is 552. The van der Waals surface area contributed by atoms with Gasteiger partial charge in [0, 0.05) is 12.7 Å². The first-order valence-corrected chi connectivity index (χ1v) is 5.98. The van der Waals surface area contributed by atoms with Crippen LogP contribution in [0.3, 0.4) is 0 Å². The molecule has 1 N–H and O–H groups in total. The molecule has 0 radical (unpaired) electrons. The number of nitrogens with zero attached hydrogens (tertiary/aromatic N) is 1. The highest BCUT2D eigenvalue weighted by atomic mass is 35.5. The van der Waals surface area contributed by atoms with E-state index in [1.807, 2.05) is 31.2 Å². The van der Waals surface area contributed by atoms with E-state index in [0.29, 0.717) is 17.3 Å². The van der Waals surface area contributed by atoms with E-state index in [0.717, 1.165) is 5.56 Å². The van der Waals surface area contributed by atoms with Gasteiger partial charge in [0.25, 0.3) is 5.91 Å². The summed E-state index contributed by atoms with van der Waals surface area (Å²) in [6, 6.07) is 11.3. The lowest BCUT2D eigenvalue weighted by atomic mass is 10.1. The number of aryl methyl sites for hydroxylation is 1. The molecule has 1 heterocycles. The van der Waals surface area contributed by atoms with Crippen LogP contribution in [0.1, 0.15) is 21.5 Å². The van der Waals surface area contributed by atoms with Gasteiger partial charge in [-0.2, -0.15) is 0 Å². The minimum atomic E-state index is -0.152. The van der Waals surface area contributed by atoms with E-state index in [9.17, 15) is 4.79 Å². The fraction of sp³-hybridized carbons (Fsp3) is 0.143. The van der Waals surface area contributed by atoms with Crippen molar-refractivity contribution < 1.29 is 4.79 Å². The van der Waals surface area contributed by atoms with E-state index in [1.165, 1.54) is 11.8 Å². The predicted octanol–water partition coefficient (Wildman–Crippen LogP) is 2.97. The zero-order valence-electron chi connectivity index (χ0n) is 9.98. The van der Waals surface area contributed by atoms with Gasteiger partial charge >= 0.3 is 0 Å². The second-order valence-electron chi connectivity index (χ2n) is 4.04. The van der Waals surface area contributed by atoms with E-state index in [2.05, 4.69) is 10.3 Å². The van der Waals surface area contributed by atoms with Crippen molar-refractivity contribution in [3.63, 3.8) is 0 Å². The topological polar surface area (TPSA) is 42.0 Å². The summed E-state index contributed by atoms with van der Waals surface area (Å²) in [4.78, 5) is 15.7. The summed E-state index contributed by atoms with van der Waals surface area (Å²) < 4.78 is 0. The molecule has 0 aliphatic carbocycles. The van der Waals surface area contributed by atoms with Crippen molar-refractivity contribution in [2.24, 2.45) is 0 Å². The van der Waals surface area contributed by atoms with Crippen LogP contribution < -0.4 is 5.32 Å². The molecule has 0 aliphatic heterocycles. The normalized spacial score (nSPS) is 10.1. The maximum absolute atomic E-state index is 11.8. The first-order valence-electron chi connectivity index (χ1n) is 5.60. The van der Waals surface area contributed by atoms with Gasteiger partial charge in [-0.15, -0.1) is 0 Å². The molecule has 1 aromatic carbocycles. The molecule has 2 aromatic rings. The summed E-state index contributed by atoms with van der Waals surface area (Å²) in [6.07, 6.45) is 1.47. The molecule has 0 saturated heterocycles. The molecule has 0 atom stereocenters. The number of carbonyl (C=O) groups excluding carboxylic acids is 1. The lowest BCUT2D eigenvalue weighted by molar-refractivity contribution is 0.0950. The SMILES string of the molecule is Cc1cccc(CNC(=O)c2ccc(Cl)nc2)c1. The maximum atomic E-state index is 11.8. The van der Waals surface area contributed by atoms with Gasteiger partial charge in [-0.05, 0) is 24.6 Å². The van der Waals surface area contributed by atoms with Crippen LogP contribution in [0, 0.1) is 6.92 Å². The van der Waals surface area contributed by atoms with Crippen molar-refractivity contribution in [3.8, 4) is 0 Å². The van der Waals surface area contributed by atoms with Gasteiger partial charge in [0.15, 0.2) is 0 Å². The lowest BCUT2D eigenvalue weighted by Gasteiger charge is -2.06. The number of halogens is 1. The highest BCUT2D eigenvalue weighted by molar-refractivity contribution is 6.29. The molecule has 18 heavy (non-hydrogen) atoms. The van der Waals surface area contributed by atoms with E-state index in [1.54, 1.807) is 12.1 Å². The van der Waals surface area contributed by atoms with Gasteiger partial charge in [-0.3, -0.25) is 4.79 Å². The third kappa shape index (κ3) is 3.31. The molecule has 1 amide bonds. The molecular formula is C14H13ClN2O. The summed E-state index contributed by atoms with van der Waals surface area (Å²) in [5.41, 5.74) is 2.76. The number of hydrogen-bond acceptors (Lipinski definition) is 2. The Morgan fingerprint density at radius 1 is 1.33 bits per heavy atom. The fourth-order valence-electron chi connectivity index (χ4n) is 1.62. The molecule has 3 nitrogen and oxygen atoms in total. The average molecular weight is 261 g/mol. The zero-order valence-corrected chi connectivity index (χ0v) is 10.7. The Morgan fingerprint density at radius 2 is 2.17 bits per heavy atom. The summed E-state index contributed by atoms with van der Waals surface area (Å²) in [6.45, 7) is 2.53. The molecule has 2 rings (SSSR count). The Kier molecular flexibility index (Phi) is 3.95. The molecular weight excluding hydrogens is 248 g/mol. The molecule has 4 heteroatoms. The Balaban J connectivity index is 1.98. The van der Waals surface area contributed by atoms with E-state index < -0.39 is 0 Å². The van der Waals surface area contributed by atoms with Crippen LogP contribution in [0.5, 0.6) is 0 Å². The largest absolute Gasteiger partial charge is 0.348 e. The van der Waals surface area contributed by atoms with Gasteiger partial charge in [0.2, 0.25) is 0 Å². The third-order valence-corrected chi connectivity index (χ3v) is 2.75. The average Bonchev–Trinajstić information content (AvgIpc) is 2.37. The third-order valence-electron chi connectivity index (χ3n) is 2.53. The molecule has 0 unspecified atom stereocenters. The van der Waals surface area contributed by atoms with Crippen LogP contribution in [-0.4, -0.2) is 10.9 Å². The zero-order chi connectivity index (χ0) is 13.0. The Morgan fingerprint density at radius 3 is 2.83 bits per heavy atom. The van der Waals surface area contributed by atoms with Crippen molar-refractivity contribution >= 4 is 17.5 Å². The second kappa shape index (κ2) is 5.65. The second-order valence-corrected chi connectivity index (χ2v) is 4.43. The van der Waals surface area contributed by atoms with E-state index >= 15 is 0 Å². The van der Waals surface area contributed by atoms with Crippen molar-refractivity contribution in [2.45, 2.75) is 13.5 Å². The smallest absolute Gasteiger partial charge is 0.253 e. The molecule has 0 spiro atoms. The van der Waals surface area contributed by atoms with Crippen molar-refractivity contribution in [3.05, 3.63) is 64.4 Å². The quantitative estimate of drug-likeness (QED) is 0.862. The summed E-state index contributed by atoms with van der Waals surface area (Å²) in [5.74, 6) is -0.152. The number of hydrogen-bond donors (Lipinski definition) is 1. The molecule has 0 fully saturated rings. The Labute approximate surface area is 111 Å². The Hall–Kier alpha value is -1.87. The number of nitrogens with one attached hydrogen (secondary N) is 1. The van der Waals surface area contributed by atoms with Crippen molar-refractivity contribution in [1.82, 2.24) is 10.3 Å². The number of carbonyl (C=O) groups is 1. The fourth-order valence-corrected chi connectivity index (χ4v) is 1.73. The van der Waals surface area contributed by atoms with Gasteiger partial charge in [-0.1, -0.05) is 41.4 Å². The molecule has 0 saturated carbocycles. The lowest BCUT2D eigenvalue weighted by Crippen LogP contribution is -2.22. The first-order chi connectivity index (χ1) is 8.65. The van der Waals surface area contributed by atoms with Gasteiger partial charge in [0.05, 0.1) is 5.56 Å². The number of rotatable bonds is 3. The molecule has 92 valence electrons. The molecule has 0 aliphatic rings. The number of amides is 1. The summed E-state index contributed by atoms with van der Waals surface area (Å²) in [5, 5.41) is 3.22. The summed E-state index contributed by atoms with van der Waals surface area (Å²) >= 11 is 5.66. The monoisotopic (exact) mass is 260 g/mol. The van der Waals surface area contributed by atoms with Crippen LogP contribution in [0.4, 0.5) is 0 Å². The first kappa shape index (κ1) is 12.6. The van der Waals surface area contributed by atoms with Crippen LogP contribution in [-0.2, 0) is 6.54 Å². The number of pyridine rings is 1. The standard InChI is InChI=1S/C14H13ClN2O/c1-10-3-2-4-11(7-10)8-17-14(18)12-5-6-13(15)16-9-12/h2-7,9H,8H2,1H3,(H,17,18). The highest BCUT2D eigenvalue weighted by Crippen LogP contribution is 2.06. The number of aromatic nitrogens is 1. The van der Waals surface area contributed by atoms with Crippen LogP contribution in [0.15, 0.2) is 42.6 Å². The minimum Gasteiger partial charge on any atom is -0.348 e. The minimum absolute atomic E-state index is 0.152. The van der Waals surface area contributed by atoms with Gasteiger partial charge < -0.3 is 5.32 Å². The van der Waals surface area contributed by atoms with E-state index in [4.69, 9.17) is 11.6 Å². The molecule has 1 aromatic heterocycles. The van der Waals surface area contributed by atoms with E-state index in [-0.39, 0.29) is 5.91 Å². The van der Waals surface area contributed by atoms with Gasteiger partial charge in [-0.25, -0.2) is 4.98 Å². The molecule has 0 bridgehead atoms. The highest BCUT2D eigenvalue weighted by Gasteiger charge is 2.05. The summed E-state index contributed by atoms with van der Waals surface area (Å²) in [7, 11) is 0. The predicted molar refractivity (Wildman–Crippen MR) is 71.6 cm³/mol. The van der Waals surface area contributed by atoms with Crippen molar-refractivity contribution in [1.29, 1.82) is 0 Å².